The molecule has 7 heteroatoms. The summed E-state index contributed by atoms with van der Waals surface area (Å²) in [6, 6.07) is 12.5. The zero-order valence-electron chi connectivity index (χ0n) is 15.6. The molecule has 1 aromatic heterocycles. The van der Waals surface area contributed by atoms with E-state index in [2.05, 4.69) is 5.32 Å². The van der Waals surface area contributed by atoms with Crippen LogP contribution in [0.15, 0.2) is 64.3 Å². The highest BCUT2D eigenvalue weighted by molar-refractivity contribution is 5.91. The van der Waals surface area contributed by atoms with Gasteiger partial charge < -0.3 is 5.32 Å². The number of aryl methyl sites for hydroxylation is 1. The van der Waals surface area contributed by atoms with Gasteiger partial charge >= 0.3 is 5.69 Å². The highest BCUT2D eigenvalue weighted by Crippen LogP contribution is 2.17. The van der Waals surface area contributed by atoms with Gasteiger partial charge in [0.2, 0.25) is 5.91 Å². The van der Waals surface area contributed by atoms with Crippen LogP contribution in [0.25, 0.3) is 0 Å². The fraction of sp³-hybridized carbons (Fsp3) is 0.190. The molecule has 0 spiro atoms. The number of carbonyl (C=O) groups is 1. The van der Waals surface area contributed by atoms with Gasteiger partial charge in [-0.25, -0.2) is 9.18 Å². The topological polar surface area (TPSA) is 73.1 Å². The fourth-order valence-corrected chi connectivity index (χ4v) is 2.83. The van der Waals surface area contributed by atoms with Gasteiger partial charge in [0.1, 0.15) is 12.4 Å². The van der Waals surface area contributed by atoms with Gasteiger partial charge in [-0.2, -0.15) is 0 Å². The average Bonchev–Trinajstić information content (AvgIpc) is 2.66. The molecule has 0 atom stereocenters. The van der Waals surface area contributed by atoms with Crippen LogP contribution in [0.3, 0.4) is 0 Å². The Morgan fingerprint density at radius 3 is 2.46 bits per heavy atom. The summed E-state index contributed by atoms with van der Waals surface area (Å²) in [5.41, 5.74) is 2.12. The summed E-state index contributed by atoms with van der Waals surface area (Å²) < 4.78 is 15.2. The van der Waals surface area contributed by atoms with Crippen LogP contribution in [-0.2, 0) is 17.9 Å². The third-order valence-electron chi connectivity index (χ3n) is 4.59. The molecule has 0 radical (unpaired) electrons. The fourth-order valence-electron chi connectivity index (χ4n) is 2.83. The molecular formula is C21H20FN3O3. The van der Waals surface area contributed by atoms with Crippen LogP contribution in [0, 0.1) is 19.7 Å². The van der Waals surface area contributed by atoms with Crippen LogP contribution in [0.5, 0.6) is 0 Å². The number of rotatable bonds is 5. The predicted octanol–water partition coefficient (Wildman–Crippen LogP) is 2.45. The molecule has 2 aromatic carbocycles. The third kappa shape index (κ3) is 4.25. The average molecular weight is 381 g/mol. The van der Waals surface area contributed by atoms with Crippen molar-refractivity contribution < 1.29 is 9.18 Å². The largest absolute Gasteiger partial charge is 0.331 e. The molecule has 0 aliphatic rings. The molecule has 0 unspecified atom stereocenters. The van der Waals surface area contributed by atoms with Crippen molar-refractivity contribution in [3.63, 3.8) is 0 Å². The zero-order valence-corrected chi connectivity index (χ0v) is 15.6. The summed E-state index contributed by atoms with van der Waals surface area (Å²) in [4.78, 5) is 37.2. The standard InChI is InChI=1S/C21H20FN3O3/c1-14-4-3-5-18(15(14)2)23-19(26)13-25-20(27)10-11-24(21(25)28)12-16-6-8-17(22)9-7-16/h3-11H,12-13H2,1-2H3,(H,23,26). The van der Waals surface area contributed by atoms with Crippen LogP contribution < -0.4 is 16.6 Å². The Labute approximate surface area is 160 Å². The molecule has 0 fully saturated rings. The zero-order chi connectivity index (χ0) is 20.3. The highest BCUT2D eigenvalue weighted by atomic mass is 19.1. The Morgan fingerprint density at radius 2 is 1.75 bits per heavy atom. The van der Waals surface area contributed by atoms with Crippen molar-refractivity contribution in [2.45, 2.75) is 26.9 Å². The second-order valence-corrected chi connectivity index (χ2v) is 6.57. The van der Waals surface area contributed by atoms with Crippen LogP contribution in [0.4, 0.5) is 10.1 Å². The second-order valence-electron chi connectivity index (χ2n) is 6.57. The number of nitrogens with zero attached hydrogens (tertiary/aromatic N) is 2. The lowest BCUT2D eigenvalue weighted by Gasteiger charge is -2.12. The Hall–Kier alpha value is -3.48. The molecule has 1 N–H and O–H groups in total. The monoisotopic (exact) mass is 381 g/mol. The third-order valence-corrected chi connectivity index (χ3v) is 4.59. The molecule has 3 rings (SSSR count). The lowest BCUT2D eigenvalue weighted by Crippen LogP contribution is -2.41. The predicted molar refractivity (Wildman–Crippen MR) is 105 cm³/mol. The van der Waals surface area contributed by atoms with E-state index < -0.39 is 23.7 Å². The van der Waals surface area contributed by atoms with E-state index in [0.29, 0.717) is 11.3 Å². The van der Waals surface area contributed by atoms with Gasteiger partial charge in [0.15, 0.2) is 0 Å². The first kappa shape index (κ1) is 19.3. The molecule has 1 amide bonds. The number of amides is 1. The molecule has 6 nitrogen and oxygen atoms in total. The van der Waals surface area contributed by atoms with Crippen molar-refractivity contribution in [3.8, 4) is 0 Å². The summed E-state index contributed by atoms with van der Waals surface area (Å²) in [5.74, 6) is -0.836. The van der Waals surface area contributed by atoms with Gasteiger partial charge in [-0.05, 0) is 48.7 Å². The van der Waals surface area contributed by atoms with E-state index >= 15 is 0 Å². The quantitative estimate of drug-likeness (QED) is 0.738. The number of benzene rings is 2. The maximum absolute atomic E-state index is 13.0. The van der Waals surface area contributed by atoms with E-state index in [9.17, 15) is 18.8 Å². The van der Waals surface area contributed by atoms with Gasteiger partial charge in [0, 0.05) is 18.0 Å². The van der Waals surface area contributed by atoms with E-state index in [1.807, 2.05) is 26.0 Å². The van der Waals surface area contributed by atoms with E-state index in [1.165, 1.54) is 29.0 Å². The number of carbonyl (C=O) groups excluding carboxylic acids is 1. The van der Waals surface area contributed by atoms with Crippen molar-refractivity contribution in [2.24, 2.45) is 0 Å². The van der Waals surface area contributed by atoms with Gasteiger partial charge in [0.25, 0.3) is 5.56 Å². The SMILES string of the molecule is Cc1cccc(NC(=O)Cn2c(=O)ccn(Cc3ccc(F)cc3)c2=O)c1C. The van der Waals surface area contributed by atoms with Crippen LogP contribution in [0.1, 0.15) is 16.7 Å². The summed E-state index contributed by atoms with van der Waals surface area (Å²) in [7, 11) is 0. The Balaban J connectivity index is 1.82. The van der Waals surface area contributed by atoms with Crippen molar-refractivity contribution >= 4 is 11.6 Å². The smallest absolute Gasteiger partial charge is 0.324 e. The van der Waals surface area contributed by atoms with E-state index in [1.54, 1.807) is 18.2 Å². The minimum atomic E-state index is -0.604. The molecule has 0 aliphatic carbocycles. The van der Waals surface area contributed by atoms with Crippen molar-refractivity contribution in [1.82, 2.24) is 9.13 Å². The van der Waals surface area contributed by atoms with Crippen molar-refractivity contribution in [2.75, 3.05) is 5.32 Å². The first-order valence-electron chi connectivity index (χ1n) is 8.76. The van der Waals surface area contributed by atoms with Gasteiger partial charge in [-0.15, -0.1) is 0 Å². The van der Waals surface area contributed by atoms with E-state index in [-0.39, 0.29) is 12.4 Å². The Kier molecular flexibility index (Phi) is 5.54. The molecule has 28 heavy (non-hydrogen) atoms. The molecule has 144 valence electrons. The number of nitrogens with one attached hydrogen (secondary N) is 1. The lowest BCUT2D eigenvalue weighted by atomic mass is 10.1. The lowest BCUT2D eigenvalue weighted by molar-refractivity contribution is -0.116. The van der Waals surface area contributed by atoms with Crippen molar-refractivity contribution in [3.05, 3.63) is 98.1 Å². The van der Waals surface area contributed by atoms with Crippen LogP contribution in [0.2, 0.25) is 0 Å². The molecule has 0 aliphatic heterocycles. The molecule has 0 bridgehead atoms. The minimum Gasteiger partial charge on any atom is -0.324 e. The minimum absolute atomic E-state index is 0.165. The number of hydrogen-bond donors (Lipinski definition) is 1. The number of halogens is 1. The highest BCUT2D eigenvalue weighted by Gasteiger charge is 2.12. The summed E-state index contributed by atoms with van der Waals surface area (Å²) in [5, 5.41) is 2.74. The van der Waals surface area contributed by atoms with Crippen LogP contribution >= 0.6 is 0 Å². The van der Waals surface area contributed by atoms with E-state index in [0.717, 1.165) is 15.7 Å². The summed E-state index contributed by atoms with van der Waals surface area (Å²) in [6.45, 7) is 3.59. The molecule has 0 saturated heterocycles. The first-order valence-corrected chi connectivity index (χ1v) is 8.76. The number of aromatic nitrogens is 2. The molecule has 1 heterocycles. The molecule has 3 aromatic rings. The second kappa shape index (κ2) is 8.04. The van der Waals surface area contributed by atoms with E-state index in [4.69, 9.17) is 0 Å². The number of anilines is 1. The van der Waals surface area contributed by atoms with Gasteiger partial charge in [0.05, 0.1) is 6.54 Å². The summed E-state index contributed by atoms with van der Waals surface area (Å²) in [6.07, 6.45) is 1.37. The Morgan fingerprint density at radius 1 is 1.04 bits per heavy atom. The van der Waals surface area contributed by atoms with Crippen LogP contribution in [-0.4, -0.2) is 15.0 Å². The maximum atomic E-state index is 13.0. The molecule has 0 saturated carbocycles. The first-order chi connectivity index (χ1) is 13.3. The molecular weight excluding hydrogens is 361 g/mol. The normalized spacial score (nSPS) is 10.7. The number of hydrogen-bond acceptors (Lipinski definition) is 3. The maximum Gasteiger partial charge on any atom is 0.331 e. The summed E-state index contributed by atoms with van der Waals surface area (Å²) >= 11 is 0. The van der Waals surface area contributed by atoms with Gasteiger partial charge in [-0.3, -0.25) is 18.7 Å². The van der Waals surface area contributed by atoms with Crippen molar-refractivity contribution in [1.29, 1.82) is 0 Å². The Bertz CT molecular complexity index is 1130. The van der Waals surface area contributed by atoms with Gasteiger partial charge in [-0.1, -0.05) is 24.3 Å².